The quantitative estimate of drug-likeness (QED) is 0.837. The lowest BCUT2D eigenvalue weighted by atomic mass is 10.1. The van der Waals surface area contributed by atoms with Gasteiger partial charge >= 0.3 is 6.03 Å². The van der Waals surface area contributed by atoms with Gasteiger partial charge < -0.3 is 9.73 Å². The highest BCUT2D eigenvalue weighted by Crippen LogP contribution is 2.24. The molecule has 0 bridgehead atoms. The zero-order chi connectivity index (χ0) is 15.5. The third-order valence-electron chi connectivity index (χ3n) is 2.38. The number of oxazole rings is 1. The van der Waals surface area contributed by atoms with Crippen LogP contribution in [0.25, 0.3) is 0 Å². The predicted molar refractivity (Wildman–Crippen MR) is 77.7 cm³/mol. The second-order valence-corrected chi connectivity index (χ2v) is 6.87. The summed E-state index contributed by atoms with van der Waals surface area (Å²) in [5.74, 6) is 0.343. The first-order valence-electron chi connectivity index (χ1n) is 6.32. The number of hydrogen-bond acceptors (Lipinski definition) is 5. The van der Waals surface area contributed by atoms with Crippen LogP contribution in [-0.2, 0) is 4.79 Å². The number of carbonyl (C=O) groups is 2. The third-order valence-corrected chi connectivity index (χ3v) is 3.32. The Hall–Kier alpha value is -1.50. The van der Waals surface area contributed by atoms with Crippen molar-refractivity contribution < 1.29 is 14.0 Å². The number of nitrogens with zero attached hydrogens (tertiary/aromatic N) is 1. The van der Waals surface area contributed by atoms with Crippen LogP contribution in [0, 0.1) is 13.8 Å². The van der Waals surface area contributed by atoms with Crippen LogP contribution in [0.1, 0.15) is 39.1 Å². The molecule has 0 fully saturated rings. The van der Waals surface area contributed by atoms with E-state index in [4.69, 9.17) is 4.42 Å². The van der Waals surface area contributed by atoms with Gasteiger partial charge in [0.2, 0.25) is 5.91 Å². The predicted octanol–water partition coefficient (Wildman–Crippen LogP) is 2.40. The number of rotatable bonds is 3. The molecule has 3 amide bonds. The van der Waals surface area contributed by atoms with E-state index in [-0.39, 0.29) is 5.91 Å². The molecule has 7 heteroatoms. The number of nitrogens with one attached hydrogen (secondary N) is 2. The summed E-state index contributed by atoms with van der Waals surface area (Å²) in [4.78, 5) is 27.7. The first kappa shape index (κ1) is 16.6. The van der Waals surface area contributed by atoms with E-state index < -0.39 is 16.8 Å². The maximum Gasteiger partial charge on any atom is 0.321 e. The van der Waals surface area contributed by atoms with Crippen LogP contribution >= 0.6 is 11.8 Å². The monoisotopic (exact) mass is 299 g/mol. The Morgan fingerprint density at radius 2 is 1.90 bits per heavy atom. The Morgan fingerprint density at radius 3 is 2.35 bits per heavy atom. The van der Waals surface area contributed by atoms with Crippen molar-refractivity contribution in [2.75, 3.05) is 0 Å². The highest BCUT2D eigenvalue weighted by molar-refractivity contribution is 8.00. The standard InChI is InChI=1S/C13H21N3O3S/c1-7-8(2)19-12(14-7)20-9(3)10(17)15-11(18)16-13(4,5)6/h9H,1-6H3,(H2,15,16,17,18). The molecule has 0 saturated carbocycles. The summed E-state index contributed by atoms with van der Waals surface area (Å²) in [6, 6.07) is -0.505. The summed E-state index contributed by atoms with van der Waals surface area (Å²) >= 11 is 1.18. The Labute approximate surface area is 123 Å². The fraction of sp³-hybridized carbons (Fsp3) is 0.615. The van der Waals surface area contributed by atoms with Crippen LogP contribution in [0.5, 0.6) is 0 Å². The number of amides is 3. The average molecular weight is 299 g/mol. The van der Waals surface area contributed by atoms with Crippen molar-refractivity contribution in [2.45, 2.75) is 57.6 Å². The topological polar surface area (TPSA) is 84.2 Å². The molecule has 1 rings (SSSR count). The number of imide groups is 1. The van der Waals surface area contributed by atoms with E-state index in [0.29, 0.717) is 5.22 Å². The van der Waals surface area contributed by atoms with Gasteiger partial charge in [0, 0.05) is 5.54 Å². The lowest BCUT2D eigenvalue weighted by Gasteiger charge is -2.20. The minimum absolute atomic E-state index is 0.384. The normalized spacial score (nSPS) is 12.9. The van der Waals surface area contributed by atoms with E-state index in [0.717, 1.165) is 11.5 Å². The van der Waals surface area contributed by atoms with E-state index in [1.54, 1.807) is 6.92 Å². The number of aryl methyl sites for hydroxylation is 2. The van der Waals surface area contributed by atoms with Gasteiger partial charge in [-0.1, -0.05) is 11.8 Å². The molecule has 20 heavy (non-hydrogen) atoms. The summed E-state index contributed by atoms with van der Waals surface area (Å²) in [6.07, 6.45) is 0. The molecule has 0 aromatic carbocycles. The molecule has 1 atom stereocenters. The minimum Gasteiger partial charge on any atom is -0.437 e. The summed E-state index contributed by atoms with van der Waals surface area (Å²) in [5, 5.41) is 4.92. The van der Waals surface area contributed by atoms with Crippen LogP contribution in [-0.4, -0.2) is 27.7 Å². The number of carbonyl (C=O) groups excluding carboxylic acids is 2. The smallest absolute Gasteiger partial charge is 0.321 e. The molecule has 2 N–H and O–H groups in total. The minimum atomic E-state index is -0.505. The first-order valence-corrected chi connectivity index (χ1v) is 7.20. The fourth-order valence-corrected chi connectivity index (χ4v) is 2.11. The molecule has 0 aliphatic heterocycles. The molecule has 1 aromatic rings. The van der Waals surface area contributed by atoms with Gasteiger partial charge in [0.15, 0.2) is 0 Å². The highest BCUT2D eigenvalue weighted by atomic mass is 32.2. The van der Waals surface area contributed by atoms with Crippen LogP contribution in [0.15, 0.2) is 9.64 Å². The SMILES string of the molecule is Cc1nc(SC(C)C(=O)NC(=O)NC(C)(C)C)oc1C. The Balaban J connectivity index is 2.53. The fourth-order valence-electron chi connectivity index (χ4n) is 1.28. The molecule has 1 unspecified atom stereocenters. The van der Waals surface area contributed by atoms with E-state index in [1.807, 2.05) is 34.6 Å². The molecule has 0 saturated heterocycles. The van der Waals surface area contributed by atoms with E-state index in [2.05, 4.69) is 15.6 Å². The van der Waals surface area contributed by atoms with Crippen molar-refractivity contribution in [3.05, 3.63) is 11.5 Å². The molecule has 0 aliphatic carbocycles. The van der Waals surface area contributed by atoms with Gasteiger partial charge in [-0.15, -0.1) is 0 Å². The van der Waals surface area contributed by atoms with Gasteiger partial charge in [0.25, 0.3) is 5.22 Å². The number of aromatic nitrogens is 1. The molecule has 1 aromatic heterocycles. The Kier molecular flexibility index (Phi) is 5.21. The molecular weight excluding hydrogens is 278 g/mol. The zero-order valence-corrected chi connectivity index (χ0v) is 13.5. The van der Waals surface area contributed by atoms with E-state index >= 15 is 0 Å². The van der Waals surface area contributed by atoms with Gasteiger partial charge in [0.1, 0.15) is 5.76 Å². The van der Waals surface area contributed by atoms with Crippen molar-refractivity contribution in [3.63, 3.8) is 0 Å². The second kappa shape index (κ2) is 6.30. The third kappa shape index (κ3) is 5.24. The van der Waals surface area contributed by atoms with Crippen molar-refractivity contribution in [3.8, 4) is 0 Å². The number of thioether (sulfide) groups is 1. The molecular formula is C13H21N3O3S. The van der Waals surface area contributed by atoms with Gasteiger partial charge in [-0.3, -0.25) is 10.1 Å². The molecule has 112 valence electrons. The Morgan fingerprint density at radius 1 is 1.30 bits per heavy atom. The maximum atomic E-state index is 11.9. The van der Waals surface area contributed by atoms with Gasteiger partial charge in [-0.05, 0) is 41.5 Å². The van der Waals surface area contributed by atoms with Crippen LogP contribution in [0.3, 0.4) is 0 Å². The highest BCUT2D eigenvalue weighted by Gasteiger charge is 2.21. The van der Waals surface area contributed by atoms with Crippen LogP contribution in [0.4, 0.5) is 4.79 Å². The summed E-state index contributed by atoms with van der Waals surface area (Å²) in [6.45, 7) is 10.9. The molecule has 1 heterocycles. The van der Waals surface area contributed by atoms with E-state index in [9.17, 15) is 9.59 Å². The molecule has 0 radical (unpaired) electrons. The lowest BCUT2D eigenvalue weighted by molar-refractivity contribution is -0.119. The lowest BCUT2D eigenvalue weighted by Crippen LogP contribution is -2.49. The second-order valence-electron chi connectivity index (χ2n) is 5.57. The zero-order valence-electron chi connectivity index (χ0n) is 12.7. The maximum absolute atomic E-state index is 11.9. The van der Waals surface area contributed by atoms with Crippen molar-refractivity contribution in [1.82, 2.24) is 15.6 Å². The Bertz CT molecular complexity index is 486. The van der Waals surface area contributed by atoms with Crippen molar-refractivity contribution >= 4 is 23.7 Å². The molecule has 6 nitrogen and oxygen atoms in total. The summed E-state index contributed by atoms with van der Waals surface area (Å²) in [5.41, 5.74) is 0.406. The van der Waals surface area contributed by atoms with E-state index in [1.165, 1.54) is 11.8 Å². The number of hydrogen-bond donors (Lipinski definition) is 2. The molecule has 0 spiro atoms. The van der Waals surface area contributed by atoms with Crippen LogP contribution in [0.2, 0.25) is 0 Å². The summed E-state index contributed by atoms with van der Waals surface area (Å²) in [7, 11) is 0. The summed E-state index contributed by atoms with van der Waals surface area (Å²) < 4.78 is 5.39. The van der Waals surface area contributed by atoms with Gasteiger partial charge in [-0.2, -0.15) is 0 Å². The first-order chi connectivity index (χ1) is 9.08. The van der Waals surface area contributed by atoms with Crippen molar-refractivity contribution in [1.29, 1.82) is 0 Å². The van der Waals surface area contributed by atoms with Crippen LogP contribution < -0.4 is 10.6 Å². The largest absolute Gasteiger partial charge is 0.437 e. The van der Waals surface area contributed by atoms with Crippen molar-refractivity contribution in [2.24, 2.45) is 0 Å². The van der Waals surface area contributed by atoms with Gasteiger partial charge in [0.05, 0.1) is 10.9 Å². The molecule has 0 aliphatic rings. The van der Waals surface area contributed by atoms with Gasteiger partial charge in [-0.25, -0.2) is 9.78 Å². The number of urea groups is 1. The average Bonchev–Trinajstić information content (AvgIpc) is 2.54.